The van der Waals surface area contributed by atoms with E-state index in [1.54, 1.807) is 17.5 Å². The number of imidazole rings is 1. The highest BCUT2D eigenvalue weighted by Crippen LogP contribution is 2.24. The molecule has 0 bridgehead atoms. The maximum atomic E-state index is 5.55. The van der Waals surface area contributed by atoms with Gasteiger partial charge in [-0.3, -0.25) is 0 Å². The van der Waals surface area contributed by atoms with Gasteiger partial charge in [0.05, 0.1) is 23.8 Å². The molecule has 0 aliphatic heterocycles. The van der Waals surface area contributed by atoms with Crippen molar-refractivity contribution in [2.24, 2.45) is 0 Å². The molecule has 0 aliphatic rings. The van der Waals surface area contributed by atoms with Crippen LogP contribution in [-0.2, 0) is 6.42 Å². The normalized spacial score (nSPS) is 11.3. The Labute approximate surface area is 148 Å². The number of nitrogens with zero attached hydrogens (tertiary/aromatic N) is 6. The Morgan fingerprint density at radius 1 is 1.24 bits per heavy atom. The lowest BCUT2D eigenvalue weighted by Crippen LogP contribution is -2.09. The van der Waals surface area contributed by atoms with E-state index in [2.05, 4.69) is 30.6 Å². The summed E-state index contributed by atoms with van der Waals surface area (Å²) in [5.41, 5.74) is 2.66. The lowest BCUT2D eigenvalue weighted by atomic mass is 10.2. The van der Waals surface area contributed by atoms with Crippen LogP contribution < -0.4 is 5.32 Å². The molecule has 0 aromatic carbocycles. The summed E-state index contributed by atoms with van der Waals surface area (Å²) in [5, 5.41) is 16.6. The van der Waals surface area contributed by atoms with Crippen molar-refractivity contribution in [3.63, 3.8) is 0 Å². The molecule has 0 spiro atoms. The molecule has 4 heterocycles. The molecule has 4 rings (SSSR count). The van der Waals surface area contributed by atoms with Crippen molar-refractivity contribution in [1.82, 2.24) is 29.8 Å². The summed E-state index contributed by atoms with van der Waals surface area (Å²) in [7, 11) is 0. The van der Waals surface area contributed by atoms with E-state index in [9.17, 15) is 0 Å². The number of aryl methyl sites for hydroxylation is 3. The summed E-state index contributed by atoms with van der Waals surface area (Å²) in [6, 6.07) is 1.95. The Morgan fingerprint density at radius 3 is 2.88 bits per heavy atom. The quantitative estimate of drug-likeness (QED) is 0.588. The van der Waals surface area contributed by atoms with Gasteiger partial charge in [-0.1, -0.05) is 11.3 Å². The molecule has 4 aromatic rings. The van der Waals surface area contributed by atoms with Gasteiger partial charge < -0.3 is 9.73 Å². The van der Waals surface area contributed by atoms with E-state index in [4.69, 9.17) is 4.42 Å². The van der Waals surface area contributed by atoms with Gasteiger partial charge in [0.25, 0.3) is 0 Å². The topological polar surface area (TPSA) is 94.0 Å². The molecule has 25 heavy (non-hydrogen) atoms. The molecule has 0 radical (unpaired) electrons. The van der Waals surface area contributed by atoms with Gasteiger partial charge in [-0.25, -0.2) is 14.5 Å². The maximum Gasteiger partial charge on any atom is 0.243 e. The number of anilines is 1. The van der Waals surface area contributed by atoms with Crippen molar-refractivity contribution in [2.75, 3.05) is 11.9 Å². The second-order valence-corrected chi connectivity index (χ2v) is 6.91. The first kappa shape index (κ1) is 15.7. The minimum absolute atomic E-state index is 0.491. The Hall–Kier alpha value is -2.81. The number of fused-ring (bicyclic) bond motifs is 1. The van der Waals surface area contributed by atoms with Gasteiger partial charge in [0.2, 0.25) is 10.9 Å². The van der Waals surface area contributed by atoms with Crippen LogP contribution in [0.1, 0.15) is 22.2 Å². The van der Waals surface area contributed by atoms with E-state index in [-0.39, 0.29) is 0 Å². The van der Waals surface area contributed by atoms with Crippen molar-refractivity contribution in [1.29, 1.82) is 0 Å². The first-order chi connectivity index (χ1) is 12.1. The number of aromatic nitrogens is 6. The molecule has 128 valence electrons. The second-order valence-electron chi connectivity index (χ2n) is 5.75. The van der Waals surface area contributed by atoms with Crippen LogP contribution in [0, 0.1) is 20.8 Å². The van der Waals surface area contributed by atoms with Gasteiger partial charge in [-0.2, -0.15) is 10.2 Å². The molecule has 4 aromatic heterocycles. The number of hydrogen-bond acceptors (Lipinski definition) is 8. The number of rotatable bonds is 5. The molecule has 0 saturated heterocycles. The molecule has 0 atom stereocenters. The molecular formula is C16H17N7OS. The van der Waals surface area contributed by atoms with Gasteiger partial charge in [-0.05, 0) is 26.8 Å². The van der Waals surface area contributed by atoms with Gasteiger partial charge in [0.15, 0.2) is 0 Å². The summed E-state index contributed by atoms with van der Waals surface area (Å²) in [6.45, 7) is 6.47. The van der Waals surface area contributed by atoms with E-state index in [1.807, 2.05) is 37.5 Å². The van der Waals surface area contributed by atoms with Crippen LogP contribution in [0.4, 0.5) is 5.95 Å². The van der Waals surface area contributed by atoms with Crippen molar-refractivity contribution in [3.8, 4) is 11.3 Å². The fourth-order valence-electron chi connectivity index (χ4n) is 2.66. The standard InChI is InChI=1S/C16H17N7OS/c1-9-6-13(10(2)24-9)14-7-18-21-15(20-14)17-5-4-12-8-23-16(19-12)25-11(3)22-23/h6-8H,4-5H2,1-3H3,(H,17,20,21). The highest BCUT2D eigenvalue weighted by molar-refractivity contribution is 7.16. The van der Waals surface area contributed by atoms with Gasteiger partial charge in [0, 0.05) is 18.5 Å². The van der Waals surface area contributed by atoms with Crippen LogP contribution in [0.15, 0.2) is 22.9 Å². The van der Waals surface area contributed by atoms with Crippen molar-refractivity contribution >= 4 is 22.2 Å². The molecule has 0 saturated carbocycles. The van der Waals surface area contributed by atoms with Crippen LogP contribution in [0.5, 0.6) is 0 Å². The smallest absolute Gasteiger partial charge is 0.243 e. The molecule has 0 unspecified atom stereocenters. The van der Waals surface area contributed by atoms with Gasteiger partial charge in [0.1, 0.15) is 16.5 Å². The average molecular weight is 355 g/mol. The first-order valence-corrected chi connectivity index (χ1v) is 8.73. The van der Waals surface area contributed by atoms with Crippen molar-refractivity contribution in [2.45, 2.75) is 27.2 Å². The SMILES string of the molecule is Cc1cc(-c2cnnc(NCCc3cn4nc(C)sc4n3)n2)c(C)o1. The minimum atomic E-state index is 0.491. The molecular weight excluding hydrogens is 338 g/mol. The minimum Gasteiger partial charge on any atom is -0.466 e. The van der Waals surface area contributed by atoms with E-state index in [1.165, 1.54) is 0 Å². The predicted molar refractivity (Wildman–Crippen MR) is 94.8 cm³/mol. The summed E-state index contributed by atoms with van der Waals surface area (Å²) < 4.78 is 7.37. The van der Waals surface area contributed by atoms with E-state index < -0.39 is 0 Å². The van der Waals surface area contributed by atoms with Gasteiger partial charge >= 0.3 is 0 Å². The zero-order valence-corrected chi connectivity index (χ0v) is 15.0. The summed E-state index contributed by atoms with van der Waals surface area (Å²) >= 11 is 1.58. The van der Waals surface area contributed by atoms with Gasteiger partial charge in [-0.15, -0.1) is 5.10 Å². The van der Waals surface area contributed by atoms with Crippen LogP contribution in [0.2, 0.25) is 0 Å². The zero-order valence-electron chi connectivity index (χ0n) is 14.1. The summed E-state index contributed by atoms with van der Waals surface area (Å²) in [4.78, 5) is 9.98. The molecule has 1 N–H and O–H groups in total. The van der Waals surface area contributed by atoms with E-state index in [0.29, 0.717) is 12.5 Å². The molecule has 8 nitrogen and oxygen atoms in total. The lowest BCUT2D eigenvalue weighted by Gasteiger charge is -2.04. The zero-order chi connectivity index (χ0) is 17.4. The summed E-state index contributed by atoms with van der Waals surface area (Å²) in [6.07, 6.45) is 4.35. The number of furan rings is 1. The highest BCUT2D eigenvalue weighted by Gasteiger charge is 2.11. The molecule has 9 heteroatoms. The maximum absolute atomic E-state index is 5.55. The lowest BCUT2D eigenvalue weighted by molar-refractivity contribution is 0.505. The Kier molecular flexibility index (Phi) is 3.92. The van der Waals surface area contributed by atoms with E-state index in [0.717, 1.165) is 44.9 Å². The van der Waals surface area contributed by atoms with E-state index >= 15 is 0 Å². The fraction of sp³-hybridized carbons (Fsp3) is 0.312. The average Bonchev–Trinajstić information content (AvgIpc) is 3.20. The van der Waals surface area contributed by atoms with Crippen LogP contribution >= 0.6 is 11.3 Å². The number of hydrogen-bond donors (Lipinski definition) is 1. The van der Waals surface area contributed by atoms with Crippen molar-refractivity contribution in [3.05, 3.63) is 40.7 Å². The third-order valence-corrected chi connectivity index (χ3v) is 4.57. The van der Waals surface area contributed by atoms with Crippen LogP contribution in [0.25, 0.3) is 16.2 Å². The Bertz CT molecular complexity index is 1000. The van der Waals surface area contributed by atoms with Crippen LogP contribution in [-0.4, -0.2) is 36.3 Å². The monoisotopic (exact) mass is 355 g/mol. The third-order valence-electron chi connectivity index (χ3n) is 3.73. The largest absolute Gasteiger partial charge is 0.466 e. The fourth-order valence-corrected chi connectivity index (χ4v) is 3.40. The Morgan fingerprint density at radius 2 is 2.12 bits per heavy atom. The second kappa shape index (κ2) is 6.25. The molecule has 0 fully saturated rings. The summed E-state index contributed by atoms with van der Waals surface area (Å²) in [5.74, 6) is 2.17. The third kappa shape index (κ3) is 3.22. The molecule has 0 aliphatic carbocycles. The molecule has 0 amide bonds. The highest BCUT2D eigenvalue weighted by atomic mass is 32.1. The van der Waals surface area contributed by atoms with Crippen LogP contribution in [0.3, 0.4) is 0 Å². The number of nitrogens with one attached hydrogen (secondary N) is 1. The first-order valence-electron chi connectivity index (χ1n) is 7.91. The Balaban J connectivity index is 1.43. The van der Waals surface area contributed by atoms with Crippen molar-refractivity contribution < 1.29 is 4.42 Å². The predicted octanol–water partition coefficient (Wildman–Crippen LogP) is 2.82.